The highest BCUT2D eigenvalue weighted by Crippen LogP contribution is 2.20. The van der Waals surface area contributed by atoms with Crippen LogP contribution in [0.1, 0.15) is 23.2 Å². The first kappa shape index (κ1) is 13.3. The Morgan fingerprint density at radius 3 is 2.41 bits per heavy atom. The Balaban J connectivity index is 1.99. The van der Waals surface area contributed by atoms with Crippen LogP contribution in [0.5, 0.6) is 0 Å². The van der Waals surface area contributed by atoms with Gasteiger partial charge in [0.1, 0.15) is 0 Å². The molecule has 0 unspecified atom stereocenters. The minimum atomic E-state index is 0.175. The van der Waals surface area contributed by atoms with Gasteiger partial charge in [0.25, 0.3) is 5.91 Å². The molecule has 1 aliphatic rings. The van der Waals surface area contributed by atoms with Crippen LogP contribution in [0, 0.1) is 9.49 Å². The van der Waals surface area contributed by atoms with Crippen molar-refractivity contribution < 1.29 is 4.79 Å². The lowest BCUT2D eigenvalue weighted by molar-refractivity contribution is 0.0699. The van der Waals surface area contributed by atoms with E-state index in [1.54, 1.807) is 0 Å². The molecule has 0 spiro atoms. The maximum absolute atomic E-state index is 12.2. The van der Waals surface area contributed by atoms with Crippen LogP contribution < -0.4 is 0 Å². The van der Waals surface area contributed by atoms with Crippen LogP contribution in [0.2, 0.25) is 0 Å². The molecule has 0 bridgehead atoms. The Bertz CT molecular complexity index is 385. The number of rotatable bonds is 2. The first-order valence-corrected chi connectivity index (χ1v) is 8.01. The Morgan fingerprint density at radius 2 is 1.88 bits per heavy atom. The molecule has 0 atom stereocenters. The summed E-state index contributed by atoms with van der Waals surface area (Å²) in [5.74, 6) is 0.908. The molecule has 4 heteroatoms. The quantitative estimate of drug-likeness (QED) is 0.542. The van der Waals surface area contributed by atoms with Crippen molar-refractivity contribution >= 4 is 44.4 Å². The molecule has 2 rings (SSSR count). The lowest BCUT2D eigenvalue weighted by Gasteiger charge is -2.31. The second-order valence-electron chi connectivity index (χ2n) is 4.40. The summed E-state index contributed by atoms with van der Waals surface area (Å²) >= 11 is 5.77. The van der Waals surface area contributed by atoms with Gasteiger partial charge in [-0.25, -0.2) is 0 Å². The molecule has 2 nitrogen and oxygen atoms in total. The second-order valence-corrected chi connectivity index (χ2v) is 6.29. The van der Waals surface area contributed by atoms with E-state index in [0.717, 1.165) is 46.3 Å². The normalized spacial score (nSPS) is 17.2. The van der Waals surface area contributed by atoms with Crippen LogP contribution in [-0.4, -0.2) is 29.2 Å². The van der Waals surface area contributed by atoms with Crippen molar-refractivity contribution in [1.29, 1.82) is 0 Å². The highest BCUT2D eigenvalue weighted by molar-refractivity contribution is 14.1. The molecular formula is C13H15BrINO. The van der Waals surface area contributed by atoms with E-state index in [2.05, 4.69) is 38.5 Å². The highest BCUT2D eigenvalue weighted by Gasteiger charge is 2.22. The van der Waals surface area contributed by atoms with Gasteiger partial charge < -0.3 is 4.90 Å². The number of alkyl halides is 1. The van der Waals surface area contributed by atoms with Gasteiger partial charge in [0.05, 0.1) is 0 Å². The van der Waals surface area contributed by atoms with Gasteiger partial charge in [-0.2, -0.15) is 0 Å². The van der Waals surface area contributed by atoms with Gasteiger partial charge in [-0.15, -0.1) is 0 Å². The summed E-state index contributed by atoms with van der Waals surface area (Å²) in [6.07, 6.45) is 2.22. The number of hydrogen-bond acceptors (Lipinski definition) is 1. The molecule has 0 aromatic heterocycles. The zero-order chi connectivity index (χ0) is 12.3. The molecule has 1 fully saturated rings. The molecule has 1 aromatic carbocycles. The van der Waals surface area contributed by atoms with E-state index >= 15 is 0 Å². The largest absolute Gasteiger partial charge is 0.339 e. The lowest BCUT2D eigenvalue weighted by atomic mass is 9.98. The number of nitrogens with zero attached hydrogens (tertiary/aromatic N) is 1. The second kappa shape index (κ2) is 6.18. The van der Waals surface area contributed by atoms with Crippen LogP contribution in [0.25, 0.3) is 0 Å². The number of amides is 1. The van der Waals surface area contributed by atoms with Crippen molar-refractivity contribution in [2.75, 3.05) is 18.4 Å². The fourth-order valence-electron chi connectivity index (χ4n) is 2.07. The Morgan fingerprint density at radius 1 is 1.29 bits per heavy atom. The first-order chi connectivity index (χ1) is 8.20. The topological polar surface area (TPSA) is 20.3 Å². The minimum absolute atomic E-state index is 0.175. The molecule has 92 valence electrons. The summed E-state index contributed by atoms with van der Waals surface area (Å²) in [5, 5.41) is 1.05. The molecule has 0 aliphatic carbocycles. The summed E-state index contributed by atoms with van der Waals surface area (Å²) in [6.45, 7) is 1.78. The third-order valence-electron chi connectivity index (χ3n) is 3.21. The van der Waals surface area contributed by atoms with E-state index in [0.29, 0.717) is 0 Å². The van der Waals surface area contributed by atoms with Crippen LogP contribution in [0.15, 0.2) is 24.3 Å². The maximum Gasteiger partial charge on any atom is 0.253 e. The maximum atomic E-state index is 12.2. The van der Waals surface area contributed by atoms with Gasteiger partial charge in [-0.3, -0.25) is 4.79 Å². The zero-order valence-corrected chi connectivity index (χ0v) is 13.3. The SMILES string of the molecule is O=C(c1ccc(I)cc1)N1CCC(CBr)CC1. The van der Waals surface area contributed by atoms with E-state index in [1.807, 2.05) is 29.2 Å². The van der Waals surface area contributed by atoms with Gasteiger partial charge in [0.15, 0.2) is 0 Å². The molecule has 1 saturated heterocycles. The number of likely N-dealkylation sites (tertiary alicyclic amines) is 1. The zero-order valence-electron chi connectivity index (χ0n) is 9.53. The summed E-state index contributed by atoms with van der Waals surface area (Å²) < 4.78 is 1.16. The summed E-state index contributed by atoms with van der Waals surface area (Å²) in [4.78, 5) is 14.2. The summed E-state index contributed by atoms with van der Waals surface area (Å²) in [6, 6.07) is 7.80. The predicted molar refractivity (Wildman–Crippen MR) is 81.6 cm³/mol. The average molecular weight is 408 g/mol. The lowest BCUT2D eigenvalue weighted by Crippen LogP contribution is -2.38. The van der Waals surface area contributed by atoms with Crippen LogP contribution in [0.3, 0.4) is 0 Å². The smallest absolute Gasteiger partial charge is 0.253 e. The van der Waals surface area contributed by atoms with Crippen LogP contribution in [-0.2, 0) is 0 Å². The van der Waals surface area contributed by atoms with Crippen molar-refractivity contribution in [3.63, 3.8) is 0 Å². The van der Waals surface area contributed by atoms with Gasteiger partial charge in [-0.05, 0) is 65.6 Å². The molecule has 0 radical (unpaired) electrons. The van der Waals surface area contributed by atoms with E-state index in [9.17, 15) is 4.79 Å². The average Bonchev–Trinajstić information content (AvgIpc) is 2.39. The first-order valence-electron chi connectivity index (χ1n) is 5.81. The fraction of sp³-hybridized carbons (Fsp3) is 0.462. The van der Waals surface area contributed by atoms with E-state index < -0.39 is 0 Å². The number of benzene rings is 1. The molecule has 1 amide bonds. The molecule has 0 saturated carbocycles. The van der Waals surface area contributed by atoms with Crippen molar-refractivity contribution in [3.8, 4) is 0 Å². The third-order valence-corrected chi connectivity index (χ3v) is 4.85. The van der Waals surface area contributed by atoms with Crippen LogP contribution in [0.4, 0.5) is 0 Å². The molecule has 17 heavy (non-hydrogen) atoms. The monoisotopic (exact) mass is 407 g/mol. The number of halogens is 2. The number of piperidine rings is 1. The molecule has 1 aliphatic heterocycles. The highest BCUT2D eigenvalue weighted by atomic mass is 127. The van der Waals surface area contributed by atoms with E-state index in [4.69, 9.17) is 0 Å². The van der Waals surface area contributed by atoms with Gasteiger partial charge >= 0.3 is 0 Å². The van der Waals surface area contributed by atoms with Crippen molar-refractivity contribution in [2.24, 2.45) is 5.92 Å². The van der Waals surface area contributed by atoms with Crippen LogP contribution >= 0.6 is 38.5 Å². The standard InChI is InChI=1S/C13H15BrINO/c14-9-10-5-7-16(8-6-10)13(17)11-1-3-12(15)4-2-11/h1-4,10H,5-9H2. The molecule has 1 heterocycles. The summed E-state index contributed by atoms with van der Waals surface area (Å²) in [7, 11) is 0. The molecule has 0 N–H and O–H groups in total. The van der Waals surface area contributed by atoms with E-state index in [-0.39, 0.29) is 5.91 Å². The number of carbonyl (C=O) groups excluding carboxylic acids is 1. The van der Waals surface area contributed by atoms with E-state index in [1.165, 1.54) is 0 Å². The third kappa shape index (κ3) is 3.44. The van der Waals surface area contributed by atoms with Crippen molar-refractivity contribution in [3.05, 3.63) is 33.4 Å². The van der Waals surface area contributed by atoms with Crippen molar-refractivity contribution in [2.45, 2.75) is 12.8 Å². The molecular weight excluding hydrogens is 393 g/mol. The predicted octanol–water partition coefficient (Wildman–Crippen LogP) is 3.54. The Hall–Kier alpha value is -0.100. The van der Waals surface area contributed by atoms with Gasteiger partial charge in [-0.1, -0.05) is 15.9 Å². The Kier molecular flexibility index (Phi) is 4.85. The van der Waals surface area contributed by atoms with Crippen molar-refractivity contribution in [1.82, 2.24) is 4.90 Å². The fourth-order valence-corrected chi connectivity index (χ4v) is 3.07. The Labute approximate surface area is 124 Å². The number of hydrogen-bond donors (Lipinski definition) is 0. The van der Waals surface area contributed by atoms with Gasteiger partial charge in [0, 0.05) is 27.6 Å². The summed E-state index contributed by atoms with van der Waals surface area (Å²) in [5.41, 5.74) is 0.808. The minimum Gasteiger partial charge on any atom is -0.339 e. The number of carbonyl (C=O) groups is 1. The molecule has 1 aromatic rings. The van der Waals surface area contributed by atoms with Gasteiger partial charge in [0.2, 0.25) is 0 Å².